The van der Waals surface area contributed by atoms with Crippen LogP contribution in [0.25, 0.3) is 10.9 Å². The Kier molecular flexibility index (Phi) is 4.04. The van der Waals surface area contributed by atoms with Crippen LogP contribution >= 0.6 is 0 Å². The number of aromatic hydroxyl groups is 1. The number of rotatable bonds is 4. The number of hydrogen-bond acceptors (Lipinski definition) is 4. The van der Waals surface area contributed by atoms with Gasteiger partial charge in [0.15, 0.2) is 5.69 Å². The molecule has 1 aromatic heterocycles. The number of fused-ring (bicyclic) bond motifs is 1. The summed E-state index contributed by atoms with van der Waals surface area (Å²) in [6, 6.07) is 12.0. The average molecular weight is 323 g/mol. The Balaban J connectivity index is 2.04. The number of aromatic nitrogens is 1. The molecule has 2 N–H and O–H groups in total. The molecule has 0 aliphatic heterocycles. The van der Waals surface area contributed by atoms with E-state index in [0.29, 0.717) is 17.9 Å². The van der Waals surface area contributed by atoms with Crippen molar-refractivity contribution in [2.75, 3.05) is 0 Å². The average Bonchev–Trinajstić information content (AvgIpc) is 2.83. The highest BCUT2D eigenvalue weighted by molar-refractivity contribution is 5.95. The predicted octanol–water partition coefficient (Wildman–Crippen LogP) is 4.79. The van der Waals surface area contributed by atoms with Gasteiger partial charge >= 0.3 is 5.97 Å². The molecule has 0 aliphatic carbocycles. The van der Waals surface area contributed by atoms with E-state index in [2.05, 4.69) is 10.2 Å². The van der Waals surface area contributed by atoms with E-state index >= 15 is 0 Å². The lowest BCUT2D eigenvalue weighted by Gasteiger charge is -2.01. The number of nitrogens with zero attached hydrogens (tertiary/aromatic N) is 3. The first-order valence-corrected chi connectivity index (χ1v) is 7.58. The number of carbonyl (C=O) groups is 1. The van der Waals surface area contributed by atoms with Gasteiger partial charge in [-0.15, -0.1) is 5.11 Å². The van der Waals surface area contributed by atoms with E-state index in [4.69, 9.17) is 5.11 Å². The van der Waals surface area contributed by atoms with E-state index < -0.39 is 5.97 Å². The highest BCUT2D eigenvalue weighted by Crippen LogP contribution is 2.39. The molecule has 6 heteroatoms. The second-order valence-electron chi connectivity index (χ2n) is 5.49. The molecule has 24 heavy (non-hydrogen) atoms. The van der Waals surface area contributed by atoms with Crippen LogP contribution in [-0.4, -0.2) is 20.7 Å². The summed E-state index contributed by atoms with van der Waals surface area (Å²) in [5.74, 6) is -0.915. The molecule has 0 spiro atoms. The number of carboxylic acids is 1. The molecule has 2 aromatic carbocycles. The minimum Gasteiger partial charge on any atom is -0.493 e. The van der Waals surface area contributed by atoms with Crippen LogP contribution in [0.15, 0.2) is 52.7 Å². The molecule has 0 saturated heterocycles. The van der Waals surface area contributed by atoms with Gasteiger partial charge in [0, 0.05) is 11.9 Å². The zero-order valence-electron chi connectivity index (χ0n) is 13.4. The third kappa shape index (κ3) is 2.74. The van der Waals surface area contributed by atoms with Gasteiger partial charge in [-0.1, -0.05) is 11.6 Å². The minimum atomic E-state index is -0.988. The maximum atomic E-state index is 10.9. The molecular weight excluding hydrogens is 306 g/mol. The standard InChI is InChI=1S/C18H17N3O3/c1-3-21-15-9-4-11(2)10-14(15)16(17(21)22)20-19-13-7-5-12(6-8-13)18(23)24/h4-10,22H,3H2,1-2H3,(H,23,24). The fraction of sp³-hybridized carbons (Fsp3) is 0.167. The number of aryl methyl sites for hydroxylation is 2. The largest absolute Gasteiger partial charge is 0.493 e. The van der Waals surface area contributed by atoms with Crippen LogP contribution in [-0.2, 0) is 6.54 Å². The van der Waals surface area contributed by atoms with E-state index in [9.17, 15) is 9.90 Å². The van der Waals surface area contributed by atoms with Gasteiger partial charge in [0.1, 0.15) is 0 Å². The summed E-state index contributed by atoms with van der Waals surface area (Å²) in [6.07, 6.45) is 0. The molecular formula is C18H17N3O3. The Morgan fingerprint density at radius 3 is 2.46 bits per heavy atom. The first-order valence-electron chi connectivity index (χ1n) is 7.58. The van der Waals surface area contributed by atoms with Crippen molar-refractivity contribution in [3.63, 3.8) is 0 Å². The Bertz CT molecular complexity index is 940. The lowest BCUT2D eigenvalue weighted by molar-refractivity contribution is 0.0697. The fourth-order valence-electron chi connectivity index (χ4n) is 2.63. The topological polar surface area (TPSA) is 87.2 Å². The van der Waals surface area contributed by atoms with Gasteiger partial charge < -0.3 is 14.8 Å². The lowest BCUT2D eigenvalue weighted by Crippen LogP contribution is -1.93. The molecule has 3 aromatic rings. The van der Waals surface area contributed by atoms with E-state index in [1.807, 2.05) is 32.0 Å². The van der Waals surface area contributed by atoms with Crippen molar-refractivity contribution in [3.05, 3.63) is 53.6 Å². The van der Waals surface area contributed by atoms with Gasteiger partial charge in [0.05, 0.1) is 16.8 Å². The van der Waals surface area contributed by atoms with Crippen LogP contribution in [0.2, 0.25) is 0 Å². The third-order valence-corrected chi connectivity index (χ3v) is 3.86. The van der Waals surface area contributed by atoms with Crippen molar-refractivity contribution in [1.29, 1.82) is 0 Å². The van der Waals surface area contributed by atoms with Gasteiger partial charge in [-0.3, -0.25) is 0 Å². The van der Waals surface area contributed by atoms with Gasteiger partial charge in [0.2, 0.25) is 5.88 Å². The molecule has 0 aliphatic rings. The maximum absolute atomic E-state index is 10.9. The zero-order chi connectivity index (χ0) is 17.3. The fourth-order valence-corrected chi connectivity index (χ4v) is 2.63. The van der Waals surface area contributed by atoms with Gasteiger partial charge in [0.25, 0.3) is 0 Å². The zero-order valence-corrected chi connectivity index (χ0v) is 13.4. The number of aromatic carboxylic acids is 1. The van der Waals surface area contributed by atoms with E-state index in [0.717, 1.165) is 16.5 Å². The monoisotopic (exact) mass is 323 g/mol. The summed E-state index contributed by atoms with van der Waals surface area (Å²) in [4.78, 5) is 10.9. The van der Waals surface area contributed by atoms with E-state index in [-0.39, 0.29) is 11.4 Å². The second kappa shape index (κ2) is 6.16. The van der Waals surface area contributed by atoms with Crippen molar-refractivity contribution in [3.8, 4) is 5.88 Å². The molecule has 0 unspecified atom stereocenters. The van der Waals surface area contributed by atoms with Crippen LogP contribution in [0.1, 0.15) is 22.8 Å². The van der Waals surface area contributed by atoms with Crippen LogP contribution in [0.3, 0.4) is 0 Å². The van der Waals surface area contributed by atoms with Crippen molar-refractivity contribution in [1.82, 2.24) is 4.57 Å². The van der Waals surface area contributed by atoms with E-state index in [1.165, 1.54) is 12.1 Å². The summed E-state index contributed by atoms with van der Waals surface area (Å²) in [6.45, 7) is 4.55. The lowest BCUT2D eigenvalue weighted by atomic mass is 10.1. The minimum absolute atomic E-state index is 0.0732. The van der Waals surface area contributed by atoms with E-state index in [1.54, 1.807) is 16.7 Å². The molecule has 6 nitrogen and oxygen atoms in total. The predicted molar refractivity (Wildman–Crippen MR) is 91.6 cm³/mol. The molecule has 0 atom stereocenters. The maximum Gasteiger partial charge on any atom is 0.335 e. The van der Waals surface area contributed by atoms with Crippen molar-refractivity contribution in [2.45, 2.75) is 20.4 Å². The Labute approximate surface area is 138 Å². The number of hydrogen-bond donors (Lipinski definition) is 2. The second-order valence-corrected chi connectivity index (χ2v) is 5.49. The smallest absolute Gasteiger partial charge is 0.335 e. The molecule has 0 bridgehead atoms. The molecule has 0 amide bonds. The summed E-state index contributed by atoms with van der Waals surface area (Å²) < 4.78 is 1.77. The molecule has 0 fully saturated rings. The summed E-state index contributed by atoms with van der Waals surface area (Å²) in [5.41, 5.74) is 3.09. The molecule has 0 radical (unpaired) electrons. The van der Waals surface area contributed by atoms with Crippen molar-refractivity contribution in [2.24, 2.45) is 10.2 Å². The van der Waals surface area contributed by atoms with Crippen LogP contribution in [0, 0.1) is 6.92 Å². The number of carboxylic acid groups (broad SMARTS) is 1. The molecule has 1 heterocycles. The normalized spacial score (nSPS) is 11.4. The van der Waals surface area contributed by atoms with Crippen LogP contribution in [0.4, 0.5) is 11.4 Å². The van der Waals surface area contributed by atoms with Crippen LogP contribution < -0.4 is 0 Å². The quantitative estimate of drug-likeness (QED) is 0.677. The van der Waals surface area contributed by atoms with Crippen LogP contribution in [0.5, 0.6) is 5.88 Å². The molecule has 0 saturated carbocycles. The molecule has 122 valence electrons. The van der Waals surface area contributed by atoms with Gasteiger partial charge in [-0.2, -0.15) is 5.11 Å². The van der Waals surface area contributed by atoms with Crippen molar-refractivity contribution < 1.29 is 15.0 Å². The Hall–Kier alpha value is -3.15. The first-order chi connectivity index (χ1) is 11.5. The summed E-state index contributed by atoms with van der Waals surface area (Å²) >= 11 is 0. The summed E-state index contributed by atoms with van der Waals surface area (Å²) in [5, 5.41) is 28.5. The summed E-state index contributed by atoms with van der Waals surface area (Å²) in [7, 11) is 0. The Morgan fingerprint density at radius 1 is 1.12 bits per heavy atom. The van der Waals surface area contributed by atoms with Gasteiger partial charge in [-0.05, 0) is 50.2 Å². The van der Waals surface area contributed by atoms with Gasteiger partial charge in [-0.25, -0.2) is 4.79 Å². The third-order valence-electron chi connectivity index (χ3n) is 3.86. The number of azo groups is 1. The van der Waals surface area contributed by atoms with Crippen molar-refractivity contribution >= 4 is 28.2 Å². The highest BCUT2D eigenvalue weighted by Gasteiger charge is 2.15. The number of benzene rings is 2. The highest BCUT2D eigenvalue weighted by atomic mass is 16.4. The first kappa shape index (κ1) is 15.7. The Morgan fingerprint density at radius 2 is 1.83 bits per heavy atom. The SMILES string of the molecule is CCn1c(O)c(N=Nc2ccc(C(=O)O)cc2)c2cc(C)ccc21. The molecule has 3 rings (SSSR count).